The van der Waals surface area contributed by atoms with Crippen molar-refractivity contribution in [3.8, 4) is 0 Å². The minimum Gasteiger partial charge on any atom is -0.332 e. The largest absolute Gasteiger partial charge is 0.332 e. The standard InChI is InChI=1S/C20H20F2N4O/c21-14-8-13(9-15(22)10-14)16-11-26(20(27)17-2-1-5-23-24-17)18-12-3-6-25(7-4-12)19(16)18/h1-2,5,8-10,12,16,18-19H,3-4,6-7,11H2/t16-,18-,19-/m1/s1. The summed E-state index contributed by atoms with van der Waals surface area (Å²) in [6.45, 7) is 2.40. The lowest BCUT2D eigenvalue weighted by Gasteiger charge is -2.51. The Morgan fingerprint density at radius 1 is 1.07 bits per heavy atom. The van der Waals surface area contributed by atoms with Crippen molar-refractivity contribution in [2.45, 2.75) is 30.8 Å². The number of amides is 1. The number of likely N-dealkylation sites (tertiary alicyclic amines) is 1. The fraction of sp³-hybridized carbons (Fsp3) is 0.450. The number of hydrogen-bond acceptors (Lipinski definition) is 4. The number of piperidine rings is 3. The van der Waals surface area contributed by atoms with Crippen LogP contribution in [-0.2, 0) is 0 Å². The molecule has 2 bridgehead atoms. The van der Waals surface area contributed by atoms with Crippen molar-refractivity contribution < 1.29 is 13.6 Å². The molecule has 1 aromatic heterocycles. The van der Waals surface area contributed by atoms with E-state index < -0.39 is 11.6 Å². The highest BCUT2D eigenvalue weighted by Crippen LogP contribution is 2.47. The molecule has 0 saturated carbocycles. The molecule has 7 heteroatoms. The van der Waals surface area contributed by atoms with Gasteiger partial charge in [0, 0.05) is 30.8 Å². The molecule has 3 atom stereocenters. The summed E-state index contributed by atoms with van der Waals surface area (Å²) in [4.78, 5) is 17.4. The number of nitrogens with zero attached hydrogens (tertiary/aromatic N) is 4. The second kappa shape index (κ2) is 6.34. The third-order valence-corrected chi connectivity index (χ3v) is 6.36. The molecule has 0 aliphatic carbocycles. The van der Waals surface area contributed by atoms with Crippen LogP contribution in [0, 0.1) is 17.6 Å². The Labute approximate surface area is 156 Å². The van der Waals surface area contributed by atoms with Crippen LogP contribution >= 0.6 is 0 Å². The summed E-state index contributed by atoms with van der Waals surface area (Å²) in [5.41, 5.74) is 0.947. The van der Waals surface area contributed by atoms with Crippen LogP contribution in [0.2, 0.25) is 0 Å². The summed E-state index contributed by atoms with van der Waals surface area (Å²) >= 11 is 0. The highest BCUT2D eigenvalue weighted by molar-refractivity contribution is 5.92. The first-order valence-corrected chi connectivity index (χ1v) is 9.40. The Kier molecular flexibility index (Phi) is 3.93. The van der Waals surface area contributed by atoms with E-state index in [0.29, 0.717) is 23.7 Å². The highest BCUT2D eigenvalue weighted by Gasteiger charge is 2.54. The van der Waals surface area contributed by atoms with Gasteiger partial charge in [0.1, 0.15) is 11.6 Å². The fourth-order valence-corrected chi connectivity index (χ4v) is 5.30. The third-order valence-electron chi connectivity index (χ3n) is 6.36. The molecule has 4 aliphatic rings. The smallest absolute Gasteiger partial charge is 0.274 e. The van der Waals surface area contributed by atoms with E-state index in [9.17, 15) is 13.6 Å². The number of carbonyl (C=O) groups is 1. The minimum atomic E-state index is -0.573. The normalized spacial score (nSPS) is 31.8. The van der Waals surface area contributed by atoms with E-state index >= 15 is 0 Å². The molecule has 5 heterocycles. The summed E-state index contributed by atoms with van der Waals surface area (Å²) in [5, 5.41) is 7.80. The Hall–Kier alpha value is -2.41. The first kappa shape index (κ1) is 16.7. The van der Waals surface area contributed by atoms with Crippen molar-refractivity contribution in [2.24, 2.45) is 5.92 Å². The predicted octanol–water partition coefficient (Wildman–Crippen LogP) is 2.46. The zero-order valence-corrected chi connectivity index (χ0v) is 14.8. The number of carbonyl (C=O) groups excluding carboxylic acids is 1. The summed E-state index contributed by atoms with van der Waals surface area (Å²) in [7, 11) is 0. The number of hydrogen-bond donors (Lipinski definition) is 0. The van der Waals surface area contributed by atoms with Crippen LogP contribution < -0.4 is 0 Å². The monoisotopic (exact) mass is 370 g/mol. The van der Waals surface area contributed by atoms with Gasteiger partial charge in [-0.25, -0.2) is 8.78 Å². The zero-order chi connectivity index (χ0) is 18.5. The fourth-order valence-electron chi connectivity index (χ4n) is 5.30. The number of aromatic nitrogens is 2. The molecule has 1 amide bonds. The molecule has 6 rings (SSSR count). The van der Waals surface area contributed by atoms with Gasteiger partial charge in [0.25, 0.3) is 5.91 Å². The van der Waals surface area contributed by atoms with Crippen molar-refractivity contribution in [2.75, 3.05) is 19.6 Å². The van der Waals surface area contributed by atoms with Gasteiger partial charge in [0.2, 0.25) is 0 Å². The number of halogens is 2. The van der Waals surface area contributed by atoms with E-state index in [1.165, 1.54) is 18.3 Å². The average molecular weight is 370 g/mol. The minimum absolute atomic E-state index is 0.0540. The molecule has 4 aliphatic heterocycles. The van der Waals surface area contributed by atoms with Gasteiger partial charge >= 0.3 is 0 Å². The lowest BCUT2D eigenvalue weighted by Crippen LogP contribution is -2.60. The van der Waals surface area contributed by atoms with Crippen molar-refractivity contribution in [3.05, 3.63) is 59.4 Å². The highest BCUT2D eigenvalue weighted by atomic mass is 19.1. The molecule has 27 heavy (non-hydrogen) atoms. The van der Waals surface area contributed by atoms with E-state index in [4.69, 9.17) is 0 Å². The molecule has 4 saturated heterocycles. The Bertz CT molecular complexity index is 849. The van der Waals surface area contributed by atoms with Crippen LogP contribution in [0.5, 0.6) is 0 Å². The molecular formula is C20H20F2N4O. The summed E-state index contributed by atoms with van der Waals surface area (Å²) in [6, 6.07) is 7.23. The third kappa shape index (κ3) is 2.72. The van der Waals surface area contributed by atoms with E-state index in [1.54, 1.807) is 12.1 Å². The average Bonchev–Trinajstić information content (AvgIpc) is 3.11. The summed E-state index contributed by atoms with van der Waals surface area (Å²) in [5.74, 6) is -0.980. The maximum Gasteiger partial charge on any atom is 0.274 e. The van der Waals surface area contributed by atoms with Crippen molar-refractivity contribution in [1.82, 2.24) is 20.0 Å². The second-order valence-corrected chi connectivity index (χ2v) is 7.73. The molecule has 0 radical (unpaired) electrons. The van der Waals surface area contributed by atoms with Gasteiger partial charge in [-0.15, -0.1) is 5.10 Å². The van der Waals surface area contributed by atoms with E-state index in [-0.39, 0.29) is 23.9 Å². The number of fused-ring (bicyclic) bond motifs is 2. The van der Waals surface area contributed by atoms with Crippen molar-refractivity contribution in [3.63, 3.8) is 0 Å². The van der Waals surface area contributed by atoms with E-state index in [2.05, 4.69) is 15.1 Å². The maximum absolute atomic E-state index is 13.9. The van der Waals surface area contributed by atoms with Crippen LogP contribution in [0.15, 0.2) is 36.5 Å². The van der Waals surface area contributed by atoms with E-state index in [1.807, 2.05) is 4.90 Å². The van der Waals surface area contributed by atoms with Gasteiger partial charge in [-0.1, -0.05) is 0 Å². The van der Waals surface area contributed by atoms with Crippen LogP contribution in [0.25, 0.3) is 0 Å². The van der Waals surface area contributed by atoms with Crippen LogP contribution in [0.1, 0.15) is 34.8 Å². The SMILES string of the molecule is O=C(c1cccnn1)N1C[C@H](c2cc(F)cc(F)c2)[C@@H]2[C@H]1C1CCN2CC1. The molecule has 4 fully saturated rings. The Morgan fingerprint density at radius 2 is 1.81 bits per heavy atom. The summed E-state index contributed by atoms with van der Waals surface area (Å²) < 4.78 is 27.7. The van der Waals surface area contributed by atoms with Crippen LogP contribution in [0.3, 0.4) is 0 Å². The van der Waals surface area contributed by atoms with Gasteiger partial charge in [-0.05, 0) is 61.7 Å². The first-order chi connectivity index (χ1) is 13.1. The van der Waals surface area contributed by atoms with Gasteiger partial charge in [-0.2, -0.15) is 5.10 Å². The lowest BCUT2D eigenvalue weighted by atomic mass is 9.75. The quantitative estimate of drug-likeness (QED) is 0.815. The van der Waals surface area contributed by atoms with Crippen LogP contribution in [0.4, 0.5) is 8.78 Å². The topological polar surface area (TPSA) is 49.3 Å². The zero-order valence-electron chi connectivity index (χ0n) is 14.8. The molecule has 5 nitrogen and oxygen atoms in total. The van der Waals surface area contributed by atoms with Crippen molar-refractivity contribution in [1.29, 1.82) is 0 Å². The lowest BCUT2D eigenvalue weighted by molar-refractivity contribution is -0.00364. The first-order valence-electron chi connectivity index (χ1n) is 9.40. The van der Waals surface area contributed by atoms with Gasteiger partial charge < -0.3 is 4.90 Å². The Morgan fingerprint density at radius 3 is 2.48 bits per heavy atom. The van der Waals surface area contributed by atoms with E-state index in [0.717, 1.165) is 32.0 Å². The molecule has 0 unspecified atom stereocenters. The van der Waals surface area contributed by atoms with Gasteiger partial charge in [-0.3, -0.25) is 9.69 Å². The number of rotatable bonds is 2. The summed E-state index contributed by atoms with van der Waals surface area (Å²) in [6.07, 6.45) is 3.64. The molecule has 1 aromatic carbocycles. The molecule has 0 N–H and O–H groups in total. The maximum atomic E-state index is 13.9. The second-order valence-electron chi connectivity index (χ2n) is 7.73. The van der Waals surface area contributed by atoms with Gasteiger partial charge in [0.15, 0.2) is 5.69 Å². The molecule has 140 valence electrons. The molecule has 0 spiro atoms. The van der Waals surface area contributed by atoms with Gasteiger partial charge in [0.05, 0.1) is 6.04 Å². The number of benzene rings is 1. The molecule has 2 aromatic rings. The molecular weight excluding hydrogens is 350 g/mol. The van der Waals surface area contributed by atoms with Crippen LogP contribution in [-0.4, -0.2) is 57.6 Å². The predicted molar refractivity (Wildman–Crippen MR) is 94.0 cm³/mol. The van der Waals surface area contributed by atoms with Crippen molar-refractivity contribution >= 4 is 5.91 Å². The Balaban J connectivity index is 1.55.